The number of rotatable bonds is 6. The Balaban J connectivity index is 3.80. The van der Waals surface area contributed by atoms with Crippen LogP contribution < -0.4 is 0 Å². The summed E-state index contributed by atoms with van der Waals surface area (Å²) < 4.78 is 5.13. The van der Waals surface area contributed by atoms with Gasteiger partial charge < -0.3 is 4.74 Å². The maximum Gasteiger partial charge on any atom is 0.311 e. The number of esters is 1. The Morgan fingerprint density at radius 2 is 2.08 bits per heavy atom. The van der Waals surface area contributed by atoms with Gasteiger partial charge in [0.2, 0.25) is 0 Å². The van der Waals surface area contributed by atoms with Crippen LogP contribution in [0.15, 0.2) is 0 Å². The summed E-state index contributed by atoms with van der Waals surface area (Å²) in [6.07, 6.45) is 2.79. The number of carbonyl (C=O) groups excluding carboxylic acids is 1. The van der Waals surface area contributed by atoms with Crippen molar-refractivity contribution in [1.82, 2.24) is 0 Å². The van der Waals surface area contributed by atoms with E-state index in [2.05, 4.69) is 22.9 Å². The molecule has 0 rings (SSSR count). The molecule has 0 N–H and O–H groups in total. The predicted molar refractivity (Wildman–Crippen MR) is 58.1 cm³/mol. The third-order valence-electron chi connectivity index (χ3n) is 1.94. The Labute approximate surface area is 89.2 Å². The SMILES string of the molecule is CCCC(C)(C)C(=O)OCCCBr. The zero-order valence-corrected chi connectivity index (χ0v) is 10.3. The summed E-state index contributed by atoms with van der Waals surface area (Å²) >= 11 is 3.29. The molecule has 0 heterocycles. The van der Waals surface area contributed by atoms with Gasteiger partial charge in [0.15, 0.2) is 0 Å². The summed E-state index contributed by atoms with van der Waals surface area (Å²) in [5, 5.41) is 0.883. The van der Waals surface area contributed by atoms with Crippen LogP contribution in [0, 0.1) is 5.41 Å². The molecule has 0 unspecified atom stereocenters. The van der Waals surface area contributed by atoms with Crippen molar-refractivity contribution in [3.63, 3.8) is 0 Å². The van der Waals surface area contributed by atoms with Crippen LogP contribution in [0.5, 0.6) is 0 Å². The molecule has 0 bridgehead atoms. The van der Waals surface area contributed by atoms with E-state index in [-0.39, 0.29) is 11.4 Å². The average Bonchev–Trinajstić information content (AvgIpc) is 2.04. The molecule has 0 aliphatic carbocycles. The van der Waals surface area contributed by atoms with Gasteiger partial charge >= 0.3 is 5.97 Å². The van der Waals surface area contributed by atoms with Gasteiger partial charge in [-0.2, -0.15) is 0 Å². The number of hydrogen-bond acceptors (Lipinski definition) is 2. The first-order valence-electron chi connectivity index (χ1n) is 4.77. The lowest BCUT2D eigenvalue weighted by Crippen LogP contribution is -2.26. The number of halogens is 1. The van der Waals surface area contributed by atoms with Crippen molar-refractivity contribution in [1.29, 1.82) is 0 Å². The molecule has 0 aromatic heterocycles. The van der Waals surface area contributed by atoms with Gasteiger partial charge in [0.1, 0.15) is 0 Å². The third-order valence-corrected chi connectivity index (χ3v) is 2.50. The topological polar surface area (TPSA) is 26.3 Å². The Morgan fingerprint density at radius 3 is 2.54 bits per heavy atom. The van der Waals surface area contributed by atoms with Gasteiger partial charge in [-0.25, -0.2) is 0 Å². The standard InChI is InChI=1S/C10H19BrO2/c1-4-6-10(2,3)9(12)13-8-5-7-11/h4-8H2,1-3H3. The van der Waals surface area contributed by atoms with Gasteiger partial charge in [-0.3, -0.25) is 4.79 Å². The fourth-order valence-corrected chi connectivity index (χ4v) is 1.37. The summed E-state index contributed by atoms with van der Waals surface area (Å²) in [5.74, 6) is -0.0738. The van der Waals surface area contributed by atoms with E-state index >= 15 is 0 Å². The molecular formula is C10H19BrO2. The fourth-order valence-electron chi connectivity index (χ4n) is 1.14. The van der Waals surface area contributed by atoms with Gasteiger partial charge in [0.25, 0.3) is 0 Å². The summed E-state index contributed by atoms with van der Waals surface area (Å²) in [6, 6.07) is 0. The molecule has 0 aliphatic heterocycles. The monoisotopic (exact) mass is 250 g/mol. The van der Waals surface area contributed by atoms with Crippen LogP contribution in [0.3, 0.4) is 0 Å². The zero-order valence-electron chi connectivity index (χ0n) is 8.73. The van der Waals surface area contributed by atoms with Crippen LogP contribution in [-0.4, -0.2) is 17.9 Å². The van der Waals surface area contributed by atoms with E-state index in [4.69, 9.17) is 4.74 Å². The lowest BCUT2D eigenvalue weighted by atomic mass is 9.88. The molecule has 0 aromatic carbocycles. The van der Waals surface area contributed by atoms with E-state index in [9.17, 15) is 4.79 Å². The van der Waals surface area contributed by atoms with Crippen molar-refractivity contribution in [2.24, 2.45) is 5.41 Å². The molecular weight excluding hydrogens is 232 g/mol. The number of hydrogen-bond donors (Lipinski definition) is 0. The second kappa shape index (κ2) is 6.41. The van der Waals surface area contributed by atoms with E-state index in [1.54, 1.807) is 0 Å². The van der Waals surface area contributed by atoms with Gasteiger partial charge in [-0.15, -0.1) is 0 Å². The molecule has 0 amide bonds. The molecule has 2 nitrogen and oxygen atoms in total. The van der Waals surface area contributed by atoms with Crippen LogP contribution in [-0.2, 0) is 9.53 Å². The second-order valence-electron chi connectivity index (χ2n) is 3.81. The highest BCUT2D eigenvalue weighted by Crippen LogP contribution is 2.23. The minimum atomic E-state index is -0.318. The zero-order chi connectivity index (χ0) is 10.3. The predicted octanol–water partition coefficient (Wildman–Crippen LogP) is 3.14. The van der Waals surface area contributed by atoms with Crippen LogP contribution in [0.2, 0.25) is 0 Å². The molecule has 0 saturated heterocycles. The first-order valence-corrected chi connectivity index (χ1v) is 5.90. The number of alkyl halides is 1. The maximum atomic E-state index is 11.5. The van der Waals surface area contributed by atoms with Crippen molar-refractivity contribution in [3.05, 3.63) is 0 Å². The summed E-state index contributed by atoms with van der Waals surface area (Å²) in [4.78, 5) is 11.5. The molecule has 0 aliphatic rings. The van der Waals surface area contributed by atoms with E-state index in [0.717, 1.165) is 24.6 Å². The first kappa shape index (κ1) is 12.9. The number of ether oxygens (including phenoxy) is 1. The smallest absolute Gasteiger partial charge is 0.311 e. The number of carbonyl (C=O) groups is 1. The lowest BCUT2D eigenvalue weighted by Gasteiger charge is -2.21. The molecule has 0 fully saturated rings. The van der Waals surface area contributed by atoms with Gasteiger partial charge in [-0.05, 0) is 26.7 Å². The van der Waals surface area contributed by atoms with E-state index in [1.165, 1.54) is 0 Å². The fraction of sp³-hybridized carbons (Fsp3) is 0.900. The van der Waals surface area contributed by atoms with Crippen molar-refractivity contribution in [2.45, 2.75) is 40.0 Å². The molecule has 0 aromatic rings. The van der Waals surface area contributed by atoms with Crippen LogP contribution in [0.25, 0.3) is 0 Å². The molecule has 13 heavy (non-hydrogen) atoms. The maximum absolute atomic E-state index is 11.5. The van der Waals surface area contributed by atoms with Crippen molar-refractivity contribution < 1.29 is 9.53 Å². The van der Waals surface area contributed by atoms with Crippen molar-refractivity contribution in [3.8, 4) is 0 Å². The van der Waals surface area contributed by atoms with Gasteiger partial charge in [0, 0.05) is 5.33 Å². The Hall–Kier alpha value is -0.0500. The second-order valence-corrected chi connectivity index (χ2v) is 4.61. The Kier molecular flexibility index (Phi) is 6.39. The van der Waals surface area contributed by atoms with Crippen LogP contribution >= 0.6 is 15.9 Å². The van der Waals surface area contributed by atoms with Crippen LogP contribution in [0.4, 0.5) is 0 Å². The van der Waals surface area contributed by atoms with E-state index in [0.29, 0.717) is 6.61 Å². The summed E-state index contributed by atoms with van der Waals surface area (Å²) in [5.41, 5.74) is -0.318. The molecule has 0 radical (unpaired) electrons. The highest BCUT2D eigenvalue weighted by atomic mass is 79.9. The third kappa shape index (κ3) is 5.29. The Bertz CT molecular complexity index is 155. The van der Waals surface area contributed by atoms with Gasteiger partial charge in [-0.1, -0.05) is 29.3 Å². The summed E-state index contributed by atoms with van der Waals surface area (Å²) in [7, 11) is 0. The molecule has 3 heteroatoms. The highest BCUT2D eigenvalue weighted by molar-refractivity contribution is 9.09. The minimum Gasteiger partial charge on any atom is -0.465 e. The first-order chi connectivity index (χ1) is 6.04. The molecule has 0 saturated carbocycles. The largest absolute Gasteiger partial charge is 0.465 e. The summed E-state index contributed by atoms with van der Waals surface area (Å²) in [6.45, 7) is 6.48. The quantitative estimate of drug-likeness (QED) is 0.412. The molecule has 0 spiro atoms. The minimum absolute atomic E-state index is 0.0738. The molecule has 78 valence electrons. The average molecular weight is 251 g/mol. The van der Waals surface area contributed by atoms with Crippen molar-refractivity contribution in [2.75, 3.05) is 11.9 Å². The van der Waals surface area contributed by atoms with E-state index < -0.39 is 0 Å². The normalized spacial score (nSPS) is 11.4. The lowest BCUT2D eigenvalue weighted by molar-refractivity contribution is -0.154. The highest BCUT2D eigenvalue weighted by Gasteiger charge is 2.27. The van der Waals surface area contributed by atoms with Crippen LogP contribution in [0.1, 0.15) is 40.0 Å². The van der Waals surface area contributed by atoms with Crippen molar-refractivity contribution >= 4 is 21.9 Å². The van der Waals surface area contributed by atoms with Gasteiger partial charge in [0.05, 0.1) is 12.0 Å². The molecule has 0 atom stereocenters. The Morgan fingerprint density at radius 1 is 1.46 bits per heavy atom. The van der Waals surface area contributed by atoms with E-state index in [1.807, 2.05) is 13.8 Å².